The van der Waals surface area contributed by atoms with E-state index in [4.69, 9.17) is 31.2 Å². The van der Waals surface area contributed by atoms with Gasteiger partial charge >= 0.3 is 6.09 Å². The van der Waals surface area contributed by atoms with Gasteiger partial charge in [-0.25, -0.2) is 4.79 Å². The van der Waals surface area contributed by atoms with Gasteiger partial charge in [0, 0.05) is 25.7 Å². The maximum absolute atomic E-state index is 11.9. The number of rotatable bonds is 6. The van der Waals surface area contributed by atoms with E-state index in [1.54, 1.807) is 21.3 Å². The average Bonchev–Trinajstić information content (AvgIpc) is 3.09. The van der Waals surface area contributed by atoms with Gasteiger partial charge in [-0.15, -0.1) is 0 Å². The Morgan fingerprint density at radius 1 is 1.17 bits per heavy atom. The molecule has 1 unspecified atom stereocenters. The van der Waals surface area contributed by atoms with E-state index in [-0.39, 0.29) is 18.2 Å². The number of ether oxygens (including phenoxy) is 4. The summed E-state index contributed by atoms with van der Waals surface area (Å²) in [6, 6.07) is 4.17. The summed E-state index contributed by atoms with van der Waals surface area (Å²) in [6.45, 7) is 4.67. The minimum atomic E-state index is -0.195. The second kappa shape index (κ2) is 9.39. The molecule has 9 heteroatoms. The molecule has 1 atom stereocenters. The van der Waals surface area contributed by atoms with Gasteiger partial charge in [0.25, 0.3) is 0 Å². The number of amides is 1. The van der Waals surface area contributed by atoms with E-state index in [1.807, 2.05) is 24.0 Å². The summed E-state index contributed by atoms with van der Waals surface area (Å²) < 4.78 is 21.3. The van der Waals surface area contributed by atoms with Gasteiger partial charge in [-0.05, 0) is 49.7 Å². The molecule has 2 aliphatic rings. The van der Waals surface area contributed by atoms with Gasteiger partial charge < -0.3 is 29.2 Å². The number of hydrogen-bond acceptors (Lipinski definition) is 6. The predicted molar refractivity (Wildman–Crippen MR) is 113 cm³/mol. The van der Waals surface area contributed by atoms with Crippen LogP contribution in [0.5, 0.6) is 17.2 Å². The first-order chi connectivity index (χ1) is 14.0. The summed E-state index contributed by atoms with van der Waals surface area (Å²) in [7, 11) is 4.78. The van der Waals surface area contributed by atoms with E-state index in [0.29, 0.717) is 35.5 Å². The Hall–Kier alpha value is -2.42. The molecule has 0 spiro atoms. The van der Waals surface area contributed by atoms with Crippen LogP contribution in [0, 0.1) is 0 Å². The van der Waals surface area contributed by atoms with Crippen molar-refractivity contribution >= 4 is 23.4 Å². The van der Waals surface area contributed by atoms with E-state index in [2.05, 4.69) is 10.2 Å². The number of hydrogen-bond donors (Lipinski definition) is 1. The van der Waals surface area contributed by atoms with Crippen LogP contribution >= 0.6 is 12.2 Å². The molecule has 0 radical (unpaired) electrons. The summed E-state index contributed by atoms with van der Waals surface area (Å²) >= 11 is 5.59. The molecule has 0 aliphatic carbocycles. The zero-order valence-corrected chi connectivity index (χ0v) is 18.2. The minimum absolute atomic E-state index is 0.143. The highest BCUT2D eigenvalue weighted by atomic mass is 32.1. The molecule has 29 heavy (non-hydrogen) atoms. The van der Waals surface area contributed by atoms with Crippen molar-refractivity contribution in [2.75, 3.05) is 41.0 Å². The molecule has 2 fully saturated rings. The molecule has 1 aromatic rings. The summed E-state index contributed by atoms with van der Waals surface area (Å²) in [5.74, 6) is 1.79. The van der Waals surface area contributed by atoms with Gasteiger partial charge in [0.15, 0.2) is 16.6 Å². The molecule has 2 saturated heterocycles. The van der Waals surface area contributed by atoms with E-state index >= 15 is 0 Å². The lowest BCUT2D eigenvalue weighted by molar-refractivity contribution is 0.125. The third-order valence-electron chi connectivity index (χ3n) is 5.45. The largest absolute Gasteiger partial charge is 0.493 e. The second-order valence-corrected chi connectivity index (χ2v) is 7.63. The van der Waals surface area contributed by atoms with E-state index < -0.39 is 0 Å². The lowest BCUT2D eigenvalue weighted by Crippen LogP contribution is -2.51. The fourth-order valence-corrected chi connectivity index (χ4v) is 4.16. The van der Waals surface area contributed by atoms with Crippen LogP contribution in [0.4, 0.5) is 4.79 Å². The molecule has 1 aromatic carbocycles. The smallest absolute Gasteiger partial charge is 0.410 e. The molecule has 1 amide bonds. The van der Waals surface area contributed by atoms with Crippen molar-refractivity contribution in [3.63, 3.8) is 0 Å². The van der Waals surface area contributed by atoms with Crippen molar-refractivity contribution in [3.8, 4) is 17.2 Å². The van der Waals surface area contributed by atoms with E-state index in [1.165, 1.54) is 0 Å². The van der Waals surface area contributed by atoms with Crippen LogP contribution < -0.4 is 19.5 Å². The van der Waals surface area contributed by atoms with Gasteiger partial charge in [-0.3, -0.25) is 4.90 Å². The number of likely N-dealkylation sites (tertiary alicyclic amines) is 1. The van der Waals surface area contributed by atoms with Crippen LogP contribution in [-0.2, 0) is 11.3 Å². The van der Waals surface area contributed by atoms with Crippen LogP contribution in [0.25, 0.3) is 0 Å². The number of cyclic esters (lactones) is 1. The molecule has 2 aliphatic heterocycles. The molecule has 2 heterocycles. The van der Waals surface area contributed by atoms with Crippen LogP contribution in [0.3, 0.4) is 0 Å². The molecule has 0 aromatic heterocycles. The molecular formula is C20H29N3O5S. The van der Waals surface area contributed by atoms with Crippen LogP contribution in [0.1, 0.15) is 25.3 Å². The molecule has 8 nitrogen and oxygen atoms in total. The van der Waals surface area contributed by atoms with Crippen molar-refractivity contribution in [1.82, 2.24) is 15.1 Å². The van der Waals surface area contributed by atoms with Gasteiger partial charge in [0.1, 0.15) is 6.61 Å². The summed E-state index contributed by atoms with van der Waals surface area (Å²) in [5.41, 5.74) is 0.977. The molecule has 0 bridgehead atoms. The van der Waals surface area contributed by atoms with Crippen LogP contribution in [0.15, 0.2) is 12.1 Å². The highest BCUT2D eigenvalue weighted by Crippen LogP contribution is 2.38. The number of thiocarbonyl (C=S) groups is 1. The van der Waals surface area contributed by atoms with Crippen molar-refractivity contribution in [1.29, 1.82) is 0 Å². The standard InChI is InChI=1S/C20H29N3O5S/c1-13-12-28-20(24)23(13)15-5-7-22(8-6-15)19(29)21-11-14-9-16(25-2)18(27-4)17(10-14)26-3/h9-10,13,15H,5-8,11-12H2,1-4H3,(H,21,29). The fourth-order valence-electron chi connectivity index (χ4n) is 3.91. The first kappa shape index (κ1) is 21.3. The van der Waals surface area contributed by atoms with Crippen molar-refractivity contribution in [2.45, 2.75) is 38.4 Å². The molecule has 160 valence electrons. The van der Waals surface area contributed by atoms with Gasteiger partial charge in [0.05, 0.1) is 27.4 Å². The quantitative estimate of drug-likeness (QED) is 0.700. The highest BCUT2D eigenvalue weighted by Gasteiger charge is 2.37. The number of carbonyl (C=O) groups is 1. The van der Waals surface area contributed by atoms with Crippen molar-refractivity contribution < 1.29 is 23.7 Å². The normalized spacial score (nSPS) is 19.7. The molecule has 3 rings (SSSR count). The first-order valence-corrected chi connectivity index (χ1v) is 10.2. The molecular weight excluding hydrogens is 394 g/mol. The van der Waals surface area contributed by atoms with Gasteiger partial charge in [0.2, 0.25) is 5.75 Å². The Bertz CT molecular complexity index is 727. The monoisotopic (exact) mass is 423 g/mol. The Balaban J connectivity index is 1.55. The Morgan fingerprint density at radius 2 is 1.79 bits per heavy atom. The topological polar surface area (TPSA) is 72.5 Å². The SMILES string of the molecule is COc1cc(CNC(=S)N2CCC(N3C(=O)OCC3C)CC2)cc(OC)c1OC. The second-order valence-electron chi connectivity index (χ2n) is 7.24. The maximum atomic E-state index is 11.9. The van der Waals surface area contributed by atoms with Crippen LogP contribution in [-0.4, -0.2) is 74.1 Å². The number of piperidine rings is 1. The van der Waals surface area contributed by atoms with Crippen LogP contribution in [0.2, 0.25) is 0 Å². The number of nitrogens with zero attached hydrogens (tertiary/aromatic N) is 2. The molecule has 1 N–H and O–H groups in total. The van der Waals surface area contributed by atoms with Crippen molar-refractivity contribution in [3.05, 3.63) is 17.7 Å². The summed E-state index contributed by atoms with van der Waals surface area (Å²) in [4.78, 5) is 16.0. The predicted octanol–water partition coefficient (Wildman–Crippen LogP) is 2.39. The maximum Gasteiger partial charge on any atom is 0.410 e. The van der Waals surface area contributed by atoms with Gasteiger partial charge in [-0.1, -0.05) is 0 Å². The highest BCUT2D eigenvalue weighted by molar-refractivity contribution is 7.80. The zero-order chi connectivity index (χ0) is 21.0. The Kier molecular flexibility index (Phi) is 6.89. The van der Waals surface area contributed by atoms with Gasteiger partial charge in [-0.2, -0.15) is 0 Å². The third-order valence-corrected chi connectivity index (χ3v) is 5.85. The minimum Gasteiger partial charge on any atom is -0.493 e. The fraction of sp³-hybridized carbons (Fsp3) is 0.600. The van der Waals surface area contributed by atoms with E-state index in [9.17, 15) is 4.79 Å². The third kappa shape index (κ3) is 4.60. The summed E-state index contributed by atoms with van der Waals surface area (Å²) in [5, 5.41) is 4.01. The number of carbonyl (C=O) groups excluding carboxylic acids is 1. The lowest BCUT2D eigenvalue weighted by Gasteiger charge is -2.38. The zero-order valence-electron chi connectivity index (χ0n) is 17.4. The number of nitrogens with one attached hydrogen (secondary N) is 1. The van der Waals surface area contributed by atoms with Crippen molar-refractivity contribution in [2.24, 2.45) is 0 Å². The Labute approximate surface area is 177 Å². The number of methoxy groups -OCH3 is 3. The number of benzene rings is 1. The molecule has 0 saturated carbocycles. The van der Waals surface area contributed by atoms with E-state index in [0.717, 1.165) is 31.5 Å². The summed E-state index contributed by atoms with van der Waals surface area (Å²) in [6.07, 6.45) is 1.57. The average molecular weight is 424 g/mol. The lowest BCUT2D eigenvalue weighted by atomic mass is 10.0. The Morgan fingerprint density at radius 3 is 2.28 bits per heavy atom. The first-order valence-electron chi connectivity index (χ1n) is 9.75.